The molecule has 2 aromatic heterocycles. The minimum absolute atomic E-state index is 0. The van der Waals surface area contributed by atoms with Crippen LogP contribution >= 0.6 is 24.0 Å². The van der Waals surface area contributed by atoms with Gasteiger partial charge in [0.2, 0.25) is 0 Å². The third-order valence-electron chi connectivity index (χ3n) is 5.30. The number of guanidine groups is 1. The number of H-pyrrole nitrogens is 1. The van der Waals surface area contributed by atoms with Gasteiger partial charge in [-0.05, 0) is 11.1 Å². The quantitative estimate of drug-likeness (QED) is 0.194. The molecule has 0 atom stereocenters. The molecule has 4 rings (SSSR count). The Labute approximate surface area is 212 Å². The maximum atomic E-state index is 4.53. The van der Waals surface area contributed by atoms with Crippen LogP contribution in [0.25, 0.3) is 11.3 Å². The lowest BCUT2D eigenvalue weighted by atomic mass is 10.2. The SMILES string of the molecule is CN=C(NCCc1nccn1Cc1ccccc1)N(C)Cc1ncc(-c2ccccc2)[nH]1.I. The molecule has 0 fully saturated rings. The Balaban J connectivity index is 0.00000306. The highest BCUT2D eigenvalue weighted by atomic mass is 127. The van der Waals surface area contributed by atoms with E-state index in [-0.39, 0.29) is 24.0 Å². The van der Waals surface area contributed by atoms with Crippen LogP contribution in [0.2, 0.25) is 0 Å². The van der Waals surface area contributed by atoms with Crippen molar-refractivity contribution in [2.24, 2.45) is 4.99 Å². The molecular formula is C25H30IN7. The van der Waals surface area contributed by atoms with E-state index in [0.29, 0.717) is 6.54 Å². The van der Waals surface area contributed by atoms with Crippen molar-refractivity contribution in [2.45, 2.75) is 19.5 Å². The number of aromatic amines is 1. The predicted octanol–water partition coefficient (Wildman–Crippen LogP) is 4.19. The molecule has 2 aromatic carbocycles. The van der Waals surface area contributed by atoms with Crippen LogP contribution in [0.5, 0.6) is 0 Å². The number of rotatable bonds is 8. The molecule has 2 N–H and O–H groups in total. The van der Waals surface area contributed by atoms with Crippen LogP contribution < -0.4 is 5.32 Å². The first kappa shape index (κ1) is 24.5. The van der Waals surface area contributed by atoms with Crippen molar-refractivity contribution in [3.05, 3.63) is 96.5 Å². The standard InChI is InChI=1S/C25H29N7.HI/c1-26-25(31(2)19-23-29-17-22(30-23)21-11-7-4-8-12-21)28-14-13-24-27-15-16-32(24)18-20-9-5-3-6-10-20;/h3-12,15-17H,13-14,18-19H2,1-2H3,(H,26,28)(H,29,30);1H. The van der Waals surface area contributed by atoms with E-state index in [0.717, 1.165) is 48.4 Å². The molecule has 8 heteroatoms. The molecule has 0 aliphatic rings. The monoisotopic (exact) mass is 555 g/mol. The topological polar surface area (TPSA) is 74.1 Å². The Bertz CT molecular complexity index is 1140. The van der Waals surface area contributed by atoms with Crippen molar-refractivity contribution in [2.75, 3.05) is 20.6 Å². The number of nitrogens with zero attached hydrogens (tertiary/aromatic N) is 5. The lowest BCUT2D eigenvalue weighted by Gasteiger charge is -2.21. The van der Waals surface area contributed by atoms with E-state index < -0.39 is 0 Å². The van der Waals surface area contributed by atoms with Gasteiger partial charge in [-0.15, -0.1) is 24.0 Å². The number of benzene rings is 2. The second-order valence-electron chi connectivity index (χ2n) is 7.65. The van der Waals surface area contributed by atoms with Gasteiger partial charge in [0, 0.05) is 46.0 Å². The molecule has 0 aliphatic carbocycles. The average Bonchev–Trinajstić information content (AvgIpc) is 3.47. The highest BCUT2D eigenvalue weighted by Gasteiger charge is 2.11. The summed E-state index contributed by atoms with van der Waals surface area (Å²) < 4.78 is 2.19. The molecule has 7 nitrogen and oxygen atoms in total. The first-order chi connectivity index (χ1) is 15.7. The number of imidazole rings is 2. The van der Waals surface area contributed by atoms with E-state index in [9.17, 15) is 0 Å². The van der Waals surface area contributed by atoms with Gasteiger partial charge in [0.25, 0.3) is 0 Å². The number of hydrogen-bond acceptors (Lipinski definition) is 3. The Hall–Kier alpha value is -3.14. The fourth-order valence-corrected chi connectivity index (χ4v) is 3.67. The Morgan fingerprint density at radius 1 is 1.06 bits per heavy atom. The molecule has 0 unspecified atom stereocenters. The van der Waals surface area contributed by atoms with E-state index in [1.54, 1.807) is 7.05 Å². The summed E-state index contributed by atoms with van der Waals surface area (Å²) in [6.45, 7) is 2.21. The molecule has 172 valence electrons. The largest absolute Gasteiger partial charge is 0.356 e. The van der Waals surface area contributed by atoms with Crippen LogP contribution in [-0.4, -0.2) is 51.0 Å². The van der Waals surface area contributed by atoms with Crippen LogP contribution in [0.3, 0.4) is 0 Å². The normalized spacial score (nSPS) is 11.2. The number of aromatic nitrogens is 4. The zero-order valence-corrected chi connectivity index (χ0v) is 21.3. The molecule has 0 amide bonds. The van der Waals surface area contributed by atoms with Gasteiger partial charge < -0.3 is 19.8 Å². The summed E-state index contributed by atoms with van der Waals surface area (Å²) in [4.78, 5) is 18.9. The summed E-state index contributed by atoms with van der Waals surface area (Å²) in [6, 6.07) is 20.6. The average molecular weight is 555 g/mol. The summed E-state index contributed by atoms with van der Waals surface area (Å²) in [5.74, 6) is 2.77. The van der Waals surface area contributed by atoms with Gasteiger partial charge in [-0.3, -0.25) is 4.99 Å². The zero-order valence-electron chi connectivity index (χ0n) is 19.0. The summed E-state index contributed by atoms with van der Waals surface area (Å²) in [5, 5.41) is 3.44. The summed E-state index contributed by atoms with van der Waals surface area (Å²) >= 11 is 0. The van der Waals surface area contributed by atoms with Gasteiger partial charge >= 0.3 is 0 Å². The van der Waals surface area contributed by atoms with Crippen LogP contribution in [0, 0.1) is 0 Å². The highest BCUT2D eigenvalue weighted by molar-refractivity contribution is 14.0. The van der Waals surface area contributed by atoms with Gasteiger partial charge in [-0.1, -0.05) is 60.7 Å². The van der Waals surface area contributed by atoms with Crippen LogP contribution in [0.15, 0.2) is 84.2 Å². The van der Waals surface area contributed by atoms with Gasteiger partial charge in [0.15, 0.2) is 5.96 Å². The first-order valence-electron chi connectivity index (χ1n) is 10.8. The third kappa shape index (κ3) is 6.67. The number of hydrogen-bond donors (Lipinski definition) is 2. The van der Waals surface area contributed by atoms with Crippen LogP contribution in [0.4, 0.5) is 0 Å². The second kappa shape index (κ2) is 12.2. The van der Waals surface area contributed by atoms with Crippen LogP contribution in [-0.2, 0) is 19.5 Å². The van der Waals surface area contributed by atoms with E-state index >= 15 is 0 Å². The molecule has 0 saturated carbocycles. The van der Waals surface area contributed by atoms with Gasteiger partial charge in [-0.2, -0.15) is 0 Å². The lowest BCUT2D eigenvalue weighted by Crippen LogP contribution is -2.39. The van der Waals surface area contributed by atoms with Crippen LogP contribution in [0.1, 0.15) is 17.2 Å². The molecule has 0 aliphatic heterocycles. The fourth-order valence-electron chi connectivity index (χ4n) is 3.67. The smallest absolute Gasteiger partial charge is 0.193 e. The molecule has 33 heavy (non-hydrogen) atoms. The molecule has 0 spiro atoms. The van der Waals surface area contributed by atoms with Crippen molar-refractivity contribution in [1.82, 2.24) is 29.7 Å². The van der Waals surface area contributed by atoms with Crippen molar-refractivity contribution < 1.29 is 0 Å². The van der Waals surface area contributed by atoms with Gasteiger partial charge in [-0.25, -0.2) is 9.97 Å². The highest BCUT2D eigenvalue weighted by Crippen LogP contribution is 2.16. The summed E-state index contributed by atoms with van der Waals surface area (Å²) in [7, 11) is 3.81. The van der Waals surface area contributed by atoms with Crippen molar-refractivity contribution >= 4 is 29.9 Å². The second-order valence-corrected chi connectivity index (χ2v) is 7.65. The number of halogens is 1. The van der Waals surface area contributed by atoms with Gasteiger partial charge in [0.1, 0.15) is 11.6 Å². The van der Waals surface area contributed by atoms with E-state index in [1.807, 2.05) is 49.9 Å². The third-order valence-corrected chi connectivity index (χ3v) is 5.30. The minimum atomic E-state index is 0. The lowest BCUT2D eigenvalue weighted by molar-refractivity contribution is 0.464. The van der Waals surface area contributed by atoms with E-state index in [2.05, 4.69) is 71.1 Å². The van der Waals surface area contributed by atoms with Crippen molar-refractivity contribution in [3.63, 3.8) is 0 Å². The van der Waals surface area contributed by atoms with Crippen molar-refractivity contribution in [3.8, 4) is 11.3 Å². The Morgan fingerprint density at radius 2 is 1.79 bits per heavy atom. The number of aliphatic imine (C=N–C) groups is 1. The summed E-state index contributed by atoms with van der Waals surface area (Å²) in [6.07, 6.45) is 6.58. The predicted molar refractivity (Wildman–Crippen MR) is 144 cm³/mol. The van der Waals surface area contributed by atoms with E-state index in [1.165, 1.54) is 5.56 Å². The first-order valence-corrected chi connectivity index (χ1v) is 10.8. The van der Waals surface area contributed by atoms with Crippen molar-refractivity contribution in [1.29, 1.82) is 0 Å². The zero-order chi connectivity index (χ0) is 22.2. The molecular weight excluding hydrogens is 525 g/mol. The fraction of sp³-hybridized carbons (Fsp3) is 0.240. The Kier molecular flexibility index (Phi) is 9.05. The Morgan fingerprint density at radius 3 is 2.52 bits per heavy atom. The molecule has 4 aromatic rings. The molecule has 2 heterocycles. The van der Waals surface area contributed by atoms with E-state index in [4.69, 9.17) is 0 Å². The van der Waals surface area contributed by atoms with Gasteiger partial charge in [0.05, 0.1) is 18.4 Å². The number of nitrogens with one attached hydrogen (secondary N) is 2. The molecule has 0 saturated heterocycles. The maximum Gasteiger partial charge on any atom is 0.193 e. The minimum Gasteiger partial charge on any atom is -0.356 e. The summed E-state index contributed by atoms with van der Waals surface area (Å²) in [5.41, 5.74) is 3.41. The molecule has 0 bridgehead atoms. The maximum absolute atomic E-state index is 4.53. The molecule has 0 radical (unpaired) electrons.